The molecule has 1 heterocycles. The molecule has 0 atom stereocenters. The number of phenols is 2. The Labute approximate surface area is 116 Å². The Morgan fingerprint density at radius 2 is 1.32 bits per heavy atom. The summed E-state index contributed by atoms with van der Waals surface area (Å²) in [5.41, 5.74) is 3.65. The third kappa shape index (κ3) is 1.81. The van der Waals surface area contributed by atoms with Gasteiger partial charge in [0, 0.05) is 20.9 Å². The van der Waals surface area contributed by atoms with Gasteiger partial charge < -0.3 is 10.2 Å². The molecule has 0 saturated carbocycles. The maximum atomic E-state index is 10.2. The van der Waals surface area contributed by atoms with Crippen molar-refractivity contribution >= 4 is 17.3 Å². The minimum atomic E-state index is 0.259. The fraction of sp³-hybridized carbons (Fsp3) is 0.125. The van der Waals surface area contributed by atoms with Crippen LogP contribution in [0.2, 0.25) is 0 Å². The lowest BCUT2D eigenvalue weighted by molar-refractivity contribution is 0.468. The number of allylic oxidation sites excluding steroid dienone is 1. The van der Waals surface area contributed by atoms with E-state index in [0.717, 1.165) is 32.1 Å². The molecule has 2 aromatic rings. The van der Waals surface area contributed by atoms with Gasteiger partial charge in [0.1, 0.15) is 11.5 Å². The summed E-state index contributed by atoms with van der Waals surface area (Å²) in [6, 6.07) is 11.1. The number of aromatic hydroxyl groups is 2. The van der Waals surface area contributed by atoms with Crippen LogP contribution in [0.3, 0.4) is 0 Å². The lowest BCUT2D eigenvalue weighted by atomic mass is 9.92. The first-order chi connectivity index (χ1) is 9.09. The van der Waals surface area contributed by atoms with E-state index in [4.69, 9.17) is 0 Å². The third-order valence-corrected chi connectivity index (χ3v) is 4.35. The number of rotatable bonds is 0. The van der Waals surface area contributed by atoms with E-state index in [1.807, 2.05) is 38.1 Å². The van der Waals surface area contributed by atoms with Crippen LogP contribution in [-0.4, -0.2) is 10.2 Å². The standard InChI is InChI=1S/C16H14O2S/c1-9(2)14-15-10(17)5-3-7-12(15)19-13-8-4-6-11(18)16(13)14/h3-8,17-18H,1-2H3. The molecule has 0 radical (unpaired) electrons. The quantitative estimate of drug-likeness (QED) is 0.636. The van der Waals surface area contributed by atoms with Crippen LogP contribution >= 0.6 is 11.8 Å². The van der Waals surface area contributed by atoms with Crippen molar-refractivity contribution in [1.82, 2.24) is 0 Å². The van der Waals surface area contributed by atoms with Crippen molar-refractivity contribution in [3.05, 3.63) is 53.1 Å². The molecule has 0 fully saturated rings. The van der Waals surface area contributed by atoms with Crippen LogP contribution < -0.4 is 0 Å². The molecule has 2 aromatic carbocycles. The van der Waals surface area contributed by atoms with E-state index in [1.165, 1.54) is 0 Å². The van der Waals surface area contributed by atoms with Gasteiger partial charge in [-0.05, 0) is 43.7 Å². The Morgan fingerprint density at radius 3 is 1.74 bits per heavy atom. The van der Waals surface area contributed by atoms with Crippen LogP contribution in [0.4, 0.5) is 0 Å². The van der Waals surface area contributed by atoms with E-state index in [0.29, 0.717) is 0 Å². The lowest BCUT2D eigenvalue weighted by Crippen LogP contribution is -2.01. The van der Waals surface area contributed by atoms with Gasteiger partial charge in [-0.1, -0.05) is 29.5 Å². The molecule has 0 aliphatic carbocycles. The van der Waals surface area contributed by atoms with E-state index < -0.39 is 0 Å². The van der Waals surface area contributed by atoms with Gasteiger partial charge in [0.05, 0.1) is 0 Å². The van der Waals surface area contributed by atoms with Crippen LogP contribution in [0.25, 0.3) is 5.57 Å². The van der Waals surface area contributed by atoms with E-state index in [-0.39, 0.29) is 11.5 Å². The van der Waals surface area contributed by atoms with Gasteiger partial charge >= 0.3 is 0 Å². The van der Waals surface area contributed by atoms with Gasteiger partial charge in [0.25, 0.3) is 0 Å². The Bertz CT molecular complexity index is 644. The fourth-order valence-corrected chi connectivity index (χ4v) is 3.60. The molecule has 0 aromatic heterocycles. The summed E-state index contributed by atoms with van der Waals surface area (Å²) in [6.45, 7) is 4.00. The molecule has 0 spiro atoms. The van der Waals surface area contributed by atoms with Crippen LogP contribution in [0.1, 0.15) is 25.0 Å². The number of fused-ring (bicyclic) bond motifs is 2. The molecule has 1 aliphatic rings. The molecule has 3 rings (SSSR count). The van der Waals surface area contributed by atoms with Crippen LogP contribution in [0, 0.1) is 0 Å². The molecular weight excluding hydrogens is 256 g/mol. The van der Waals surface area contributed by atoms with E-state index >= 15 is 0 Å². The second-order valence-electron chi connectivity index (χ2n) is 4.78. The molecule has 0 amide bonds. The molecule has 0 unspecified atom stereocenters. The van der Waals surface area contributed by atoms with Gasteiger partial charge in [-0.3, -0.25) is 0 Å². The zero-order chi connectivity index (χ0) is 13.6. The first-order valence-electron chi connectivity index (χ1n) is 6.09. The average molecular weight is 270 g/mol. The van der Waals surface area contributed by atoms with Crippen LogP contribution in [0.5, 0.6) is 11.5 Å². The second kappa shape index (κ2) is 4.35. The maximum absolute atomic E-state index is 10.2. The minimum Gasteiger partial charge on any atom is -0.507 e. The SMILES string of the molecule is CC(C)=C1c2c(O)cccc2Sc2cccc(O)c21. The summed E-state index contributed by atoms with van der Waals surface area (Å²) in [4.78, 5) is 2.05. The molecule has 2 nitrogen and oxygen atoms in total. The average Bonchev–Trinajstić information content (AvgIpc) is 2.37. The third-order valence-electron chi connectivity index (χ3n) is 3.23. The van der Waals surface area contributed by atoms with E-state index in [1.54, 1.807) is 23.9 Å². The zero-order valence-electron chi connectivity index (χ0n) is 10.8. The summed E-state index contributed by atoms with van der Waals surface area (Å²) in [7, 11) is 0. The second-order valence-corrected chi connectivity index (χ2v) is 5.86. The topological polar surface area (TPSA) is 40.5 Å². The van der Waals surface area contributed by atoms with Crippen molar-refractivity contribution in [2.45, 2.75) is 23.6 Å². The Balaban J connectivity index is 2.40. The van der Waals surface area contributed by atoms with Crippen molar-refractivity contribution in [2.24, 2.45) is 0 Å². The minimum absolute atomic E-state index is 0.259. The highest BCUT2D eigenvalue weighted by Crippen LogP contribution is 2.51. The number of benzene rings is 2. The first-order valence-corrected chi connectivity index (χ1v) is 6.91. The van der Waals surface area contributed by atoms with Gasteiger partial charge in [-0.25, -0.2) is 0 Å². The Hall–Kier alpha value is -1.87. The van der Waals surface area contributed by atoms with Gasteiger partial charge in [-0.2, -0.15) is 0 Å². The molecule has 2 N–H and O–H groups in total. The predicted molar refractivity (Wildman–Crippen MR) is 77.7 cm³/mol. The lowest BCUT2D eigenvalue weighted by Gasteiger charge is -2.24. The predicted octanol–water partition coefficient (Wildman–Crippen LogP) is 4.40. The van der Waals surface area contributed by atoms with Gasteiger partial charge in [-0.15, -0.1) is 0 Å². The van der Waals surface area contributed by atoms with Crippen molar-refractivity contribution in [3.8, 4) is 11.5 Å². The van der Waals surface area contributed by atoms with Crippen LogP contribution in [-0.2, 0) is 0 Å². The zero-order valence-corrected chi connectivity index (χ0v) is 11.6. The summed E-state index contributed by atoms with van der Waals surface area (Å²) in [5, 5.41) is 20.3. The van der Waals surface area contributed by atoms with Crippen molar-refractivity contribution in [1.29, 1.82) is 0 Å². The van der Waals surface area contributed by atoms with E-state index in [2.05, 4.69) is 0 Å². The molecule has 19 heavy (non-hydrogen) atoms. The highest BCUT2D eigenvalue weighted by molar-refractivity contribution is 7.99. The Morgan fingerprint density at radius 1 is 0.842 bits per heavy atom. The number of hydrogen-bond donors (Lipinski definition) is 2. The summed E-state index contributed by atoms with van der Waals surface area (Å²) in [5.74, 6) is 0.519. The number of hydrogen-bond acceptors (Lipinski definition) is 3. The first kappa shape index (κ1) is 12.2. The molecule has 0 bridgehead atoms. The largest absolute Gasteiger partial charge is 0.507 e. The van der Waals surface area contributed by atoms with Crippen molar-refractivity contribution in [3.63, 3.8) is 0 Å². The molecule has 96 valence electrons. The van der Waals surface area contributed by atoms with Crippen LogP contribution in [0.15, 0.2) is 51.8 Å². The van der Waals surface area contributed by atoms with Gasteiger partial charge in [0.2, 0.25) is 0 Å². The highest BCUT2D eigenvalue weighted by Gasteiger charge is 2.26. The molecule has 3 heteroatoms. The summed E-state index contributed by atoms with van der Waals surface area (Å²) in [6.07, 6.45) is 0. The fourth-order valence-electron chi connectivity index (χ4n) is 2.46. The molecule has 0 saturated heterocycles. The monoisotopic (exact) mass is 270 g/mol. The Kier molecular flexibility index (Phi) is 2.79. The van der Waals surface area contributed by atoms with Crippen molar-refractivity contribution in [2.75, 3.05) is 0 Å². The van der Waals surface area contributed by atoms with Gasteiger partial charge in [0.15, 0.2) is 0 Å². The van der Waals surface area contributed by atoms with Crippen molar-refractivity contribution < 1.29 is 10.2 Å². The highest BCUT2D eigenvalue weighted by atomic mass is 32.2. The number of phenolic OH excluding ortho intramolecular Hbond substituents is 2. The molecular formula is C16H14O2S. The summed E-state index contributed by atoms with van der Waals surface area (Å²) >= 11 is 1.58. The maximum Gasteiger partial charge on any atom is 0.124 e. The molecule has 1 aliphatic heterocycles. The van der Waals surface area contributed by atoms with E-state index in [9.17, 15) is 10.2 Å². The smallest absolute Gasteiger partial charge is 0.124 e. The normalized spacial score (nSPS) is 12.8. The summed E-state index contributed by atoms with van der Waals surface area (Å²) < 4.78 is 0.